The molecule has 23 heavy (non-hydrogen) atoms. The molecule has 0 spiro atoms. The van der Waals surface area contributed by atoms with E-state index in [-0.39, 0.29) is 0 Å². The van der Waals surface area contributed by atoms with Gasteiger partial charge >= 0.3 is 0 Å². The molecule has 5 nitrogen and oxygen atoms in total. The summed E-state index contributed by atoms with van der Waals surface area (Å²) in [6, 6.07) is 13.1. The van der Waals surface area contributed by atoms with Crippen molar-refractivity contribution in [1.82, 2.24) is 20.2 Å². The number of thioether (sulfide) groups is 1. The summed E-state index contributed by atoms with van der Waals surface area (Å²) in [4.78, 5) is 0. The van der Waals surface area contributed by atoms with Crippen LogP contribution in [0.4, 0.5) is 0 Å². The van der Waals surface area contributed by atoms with Crippen LogP contribution >= 0.6 is 35.0 Å². The molecular formula is C15H12Cl2N4OS. The minimum Gasteiger partial charge on any atom is -0.497 e. The molecule has 0 fully saturated rings. The van der Waals surface area contributed by atoms with Gasteiger partial charge in [0.25, 0.3) is 0 Å². The Kier molecular flexibility index (Phi) is 5.05. The summed E-state index contributed by atoms with van der Waals surface area (Å²) in [6.07, 6.45) is 0. The van der Waals surface area contributed by atoms with Crippen molar-refractivity contribution in [3.05, 3.63) is 58.1 Å². The summed E-state index contributed by atoms with van der Waals surface area (Å²) in [5.41, 5.74) is 1.92. The molecule has 0 aliphatic heterocycles. The zero-order valence-electron chi connectivity index (χ0n) is 12.1. The van der Waals surface area contributed by atoms with Crippen molar-refractivity contribution in [2.24, 2.45) is 0 Å². The highest BCUT2D eigenvalue weighted by molar-refractivity contribution is 7.98. The van der Waals surface area contributed by atoms with Crippen LogP contribution in [0, 0.1) is 0 Å². The second kappa shape index (κ2) is 7.21. The fraction of sp³-hybridized carbons (Fsp3) is 0.133. The van der Waals surface area contributed by atoms with E-state index in [0.29, 0.717) is 21.0 Å². The van der Waals surface area contributed by atoms with Gasteiger partial charge in [-0.05, 0) is 52.4 Å². The van der Waals surface area contributed by atoms with E-state index in [1.165, 1.54) is 11.8 Å². The first-order valence-electron chi connectivity index (χ1n) is 6.67. The smallest absolute Gasteiger partial charge is 0.214 e. The summed E-state index contributed by atoms with van der Waals surface area (Å²) >= 11 is 13.5. The zero-order valence-corrected chi connectivity index (χ0v) is 14.4. The van der Waals surface area contributed by atoms with Crippen molar-refractivity contribution in [2.75, 3.05) is 7.11 Å². The van der Waals surface area contributed by atoms with E-state index in [2.05, 4.69) is 15.5 Å². The van der Waals surface area contributed by atoms with Gasteiger partial charge in [-0.3, -0.25) is 0 Å². The fourth-order valence-corrected chi connectivity index (χ4v) is 3.09. The summed E-state index contributed by atoms with van der Waals surface area (Å²) in [6.45, 7) is 0. The lowest BCUT2D eigenvalue weighted by molar-refractivity contribution is 0.414. The van der Waals surface area contributed by atoms with E-state index < -0.39 is 0 Å². The lowest BCUT2D eigenvalue weighted by Gasteiger charge is -2.06. The van der Waals surface area contributed by atoms with Gasteiger partial charge in [0, 0.05) is 5.75 Å². The maximum atomic E-state index is 6.03. The van der Waals surface area contributed by atoms with Gasteiger partial charge in [-0.1, -0.05) is 41.0 Å². The van der Waals surface area contributed by atoms with Crippen molar-refractivity contribution in [3.63, 3.8) is 0 Å². The lowest BCUT2D eigenvalue weighted by atomic mass is 10.2. The highest BCUT2D eigenvalue weighted by atomic mass is 35.5. The third-order valence-corrected chi connectivity index (χ3v) is 4.84. The summed E-state index contributed by atoms with van der Waals surface area (Å²) in [5, 5.41) is 13.6. The third kappa shape index (κ3) is 3.77. The third-order valence-electron chi connectivity index (χ3n) is 3.11. The lowest BCUT2D eigenvalue weighted by Crippen LogP contribution is -1.99. The molecule has 0 unspecified atom stereocenters. The molecule has 3 rings (SSSR count). The Bertz CT molecular complexity index is 807. The summed E-state index contributed by atoms with van der Waals surface area (Å²) in [7, 11) is 1.63. The topological polar surface area (TPSA) is 52.8 Å². The fourth-order valence-electron chi connectivity index (χ4n) is 1.93. The molecule has 0 aliphatic rings. The monoisotopic (exact) mass is 366 g/mol. The number of rotatable bonds is 5. The molecule has 1 aromatic heterocycles. The van der Waals surface area contributed by atoms with Crippen molar-refractivity contribution in [2.45, 2.75) is 10.9 Å². The van der Waals surface area contributed by atoms with Gasteiger partial charge < -0.3 is 4.74 Å². The molecule has 0 atom stereocenters. The highest BCUT2D eigenvalue weighted by Crippen LogP contribution is 2.27. The zero-order chi connectivity index (χ0) is 16.2. The summed E-state index contributed by atoms with van der Waals surface area (Å²) in [5.74, 6) is 1.47. The number of aromatic nitrogens is 4. The average Bonchev–Trinajstić information content (AvgIpc) is 3.04. The predicted molar refractivity (Wildman–Crippen MR) is 91.7 cm³/mol. The number of tetrazole rings is 1. The second-order valence-corrected chi connectivity index (χ2v) is 6.37. The van der Waals surface area contributed by atoms with Crippen molar-refractivity contribution in [1.29, 1.82) is 0 Å². The molecule has 0 N–H and O–H groups in total. The second-order valence-electron chi connectivity index (χ2n) is 4.61. The van der Waals surface area contributed by atoms with E-state index in [9.17, 15) is 0 Å². The molecule has 1 heterocycles. The number of methoxy groups -OCH3 is 1. The van der Waals surface area contributed by atoms with Crippen molar-refractivity contribution < 1.29 is 4.74 Å². The minimum absolute atomic E-state index is 0.541. The van der Waals surface area contributed by atoms with E-state index >= 15 is 0 Å². The first kappa shape index (κ1) is 16.1. The Hall–Kier alpha value is -1.76. The van der Waals surface area contributed by atoms with Gasteiger partial charge in [0.15, 0.2) is 0 Å². The molecule has 0 bridgehead atoms. The van der Waals surface area contributed by atoms with Crippen LogP contribution in [-0.2, 0) is 5.75 Å². The van der Waals surface area contributed by atoms with Gasteiger partial charge in [0.2, 0.25) is 5.16 Å². The average molecular weight is 367 g/mol. The normalized spacial score (nSPS) is 10.7. The Balaban J connectivity index is 1.76. The van der Waals surface area contributed by atoms with Crippen LogP contribution in [0.2, 0.25) is 10.0 Å². The van der Waals surface area contributed by atoms with E-state index in [1.807, 2.05) is 36.4 Å². The first-order valence-corrected chi connectivity index (χ1v) is 8.41. The van der Waals surface area contributed by atoms with Crippen LogP contribution < -0.4 is 4.74 Å². The molecular weight excluding hydrogens is 355 g/mol. The van der Waals surface area contributed by atoms with Crippen molar-refractivity contribution >= 4 is 35.0 Å². The largest absolute Gasteiger partial charge is 0.497 e. The van der Waals surface area contributed by atoms with Gasteiger partial charge in [-0.25, -0.2) is 0 Å². The number of halogens is 2. The molecule has 0 radical (unpaired) electrons. The molecule has 0 aliphatic carbocycles. The highest BCUT2D eigenvalue weighted by Gasteiger charge is 2.10. The Morgan fingerprint density at radius 2 is 1.87 bits per heavy atom. The maximum Gasteiger partial charge on any atom is 0.214 e. The number of hydrogen-bond acceptors (Lipinski definition) is 5. The van der Waals surface area contributed by atoms with E-state index in [1.54, 1.807) is 17.9 Å². The molecule has 0 amide bonds. The number of hydrogen-bond donors (Lipinski definition) is 0. The molecule has 8 heteroatoms. The Morgan fingerprint density at radius 1 is 1.09 bits per heavy atom. The maximum absolute atomic E-state index is 6.03. The minimum atomic E-state index is 0.541. The van der Waals surface area contributed by atoms with Gasteiger partial charge in [0.1, 0.15) is 5.75 Å². The van der Waals surface area contributed by atoms with Crippen LogP contribution in [-0.4, -0.2) is 27.3 Å². The van der Waals surface area contributed by atoms with Gasteiger partial charge in [-0.2, -0.15) is 4.68 Å². The SMILES string of the molecule is COc1ccc(-n2nnnc2SCc2ccc(Cl)c(Cl)c2)cc1. The molecule has 2 aromatic carbocycles. The first-order chi connectivity index (χ1) is 11.2. The van der Waals surface area contributed by atoms with Crippen LogP contribution in [0.25, 0.3) is 5.69 Å². The predicted octanol–water partition coefficient (Wildman–Crippen LogP) is 4.27. The van der Waals surface area contributed by atoms with Crippen LogP contribution in [0.1, 0.15) is 5.56 Å². The Labute approximate surface area is 147 Å². The van der Waals surface area contributed by atoms with Crippen molar-refractivity contribution in [3.8, 4) is 11.4 Å². The standard InChI is InChI=1S/C15H12Cl2N4OS/c1-22-12-5-3-11(4-6-12)21-15(18-19-20-21)23-9-10-2-7-13(16)14(17)8-10/h2-8H,9H2,1H3. The molecule has 118 valence electrons. The van der Waals surface area contributed by atoms with E-state index in [4.69, 9.17) is 27.9 Å². The van der Waals surface area contributed by atoms with Crippen LogP contribution in [0.15, 0.2) is 47.6 Å². The van der Waals surface area contributed by atoms with Crippen LogP contribution in [0.3, 0.4) is 0 Å². The molecule has 0 saturated carbocycles. The number of nitrogens with zero attached hydrogens (tertiary/aromatic N) is 4. The van der Waals surface area contributed by atoms with E-state index in [0.717, 1.165) is 17.0 Å². The number of benzene rings is 2. The molecule has 0 saturated heterocycles. The number of ether oxygens (including phenoxy) is 1. The van der Waals surface area contributed by atoms with Crippen LogP contribution in [0.5, 0.6) is 5.75 Å². The summed E-state index contributed by atoms with van der Waals surface area (Å²) < 4.78 is 6.84. The van der Waals surface area contributed by atoms with Gasteiger partial charge in [-0.15, -0.1) is 5.10 Å². The molecule has 3 aromatic rings. The quantitative estimate of drug-likeness (QED) is 0.631. The Morgan fingerprint density at radius 3 is 2.57 bits per heavy atom. The van der Waals surface area contributed by atoms with Gasteiger partial charge in [0.05, 0.1) is 22.8 Å².